The summed E-state index contributed by atoms with van der Waals surface area (Å²) < 4.78 is 10.8. The van der Waals surface area contributed by atoms with E-state index in [4.69, 9.17) is 9.47 Å². The SMILES string of the molecule is CCCCCCCCCCCOC(=O)CCCCCCCN(CCCCCCCC(=O)OCCCCCC)CCN(C)C. The fourth-order valence-electron chi connectivity index (χ4n) is 5.40. The molecule has 256 valence electrons. The molecule has 0 radical (unpaired) electrons. The van der Waals surface area contributed by atoms with Crippen molar-refractivity contribution in [2.24, 2.45) is 0 Å². The first-order chi connectivity index (χ1) is 21.0. The van der Waals surface area contributed by atoms with Crippen molar-refractivity contribution in [3.05, 3.63) is 0 Å². The summed E-state index contributed by atoms with van der Waals surface area (Å²) in [5, 5.41) is 0. The van der Waals surface area contributed by atoms with Crippen molar-refractivity contribution in [3.63, 3.8) is 0 Å². The number of unbranched alkanes of at least 4 members (excludes halogenated alkanes) is 19. The molecule has 0 atom stereocenters. The number of rotatable bonds is 34. The van der Waals surface area contributed by atoms with Gasteiger partial charge in [0.05, 0.1) is 13.2 Å². The van der Waals surface area contributed by atoms with Gasteiger partial charge in [-0.2, -0.15) is 0 Å². The van der Waals surface area contributed by atoms with Crippen LogP contribution in [0.25, 0.3) is 0 Å². The van der Waals surface area contributed by atoms with Crippen LogP contribution >= 0.6 is 0 Å². The molecule has 0 aliphatic rings. The lowest BCUT2D eigenvalue weighted by Gasteiger charge is -2.24. The van der Waals surface area contributed by atoms with Gasteiger partial charge in [0, 0.05) is 25.9 Å². The number of hydrogen-bond donors (Lipinski definition) is 0. The highest BCUT2D eigenvalue weighted by molar-refractivity contribution is 5.69. The maximum Gasteiger partial charge on any atom is 0.305 e. The Labute approximate surface area is 268 Å². The Morgan fingerprint density at radius 2 is 0.767 bits per heavy atom. The molecule has 0 unspecified atom stereocenters. The lowest BCUT2D eigenvalue weighted by atomic mass is 10.1. The molecule has 0 spiro atoms. The highest BCUT2D eigenvalue weighted by Crippen LogP contribution is 2.12. The molecule has 0 rings (SSSR count). The topological polar surface area (TPSA) is 59.1 Å². The van der Waals surface area contributed by atoms with E-state index >= 15 is 0 Å². The number of carbonyl (C=O) groups is 2. The van der Waals surface area contributed by atoms with E-state index in [2.05, 4.69) is 37.7 Å². The van der Waals surface area contributed by atoms with Crippen LogP contribution in [-0.2, 0) is 19.1 Å². The first-order valence-electron chi connectivity index (χ1n) is 18.7. The maximum absolute atomic E-state index is 12.0. The van der Waals surface area contributed by atoms with Crippen LogP contribution in [0.4, 0.5) is 0 Å². The van der Waals surface area contributed by atoms with Crippen LogP contribution in [0.5, 0.6) is 0 Å². The van der Waals surface area contributed by atoms with Gasteiger partial charge >= 0.3 is 11.9 Å². The van der Waals surface area contributed by atoms with Crippen LogP contribution in [0.1, 0.15) is 174 Å². The monoisotopic (exact) mass is 611 g/mol. The Morgan fingerprint density at radius 3 is 1.19 bits per heavy atom. The summed E-state index contributed by atoms with van der Waals surface area (Å²) in [6.07, 6.45) is 28.8. The third-order valence-corrected chi connectivity index (χ3v) is 8.35. The summed E-state index contributed by atoms with van der Waals surface area (Å²) >= 11 is 0. The van der Waals surface area contributed by atoms with Crippen LogP contribution in [0, 0.1) is 0 Å². The number of esters is 2. The molecular weight excluding hydrogens is 536 g/mol. The minimum Gasteiger partial charge on any atom is -0.466 e. The van der Waals surface area contributed by atoms with Crippen LogP contribution < -0.4 is 0 Å². The van der Waals surface area contributed by atoms with Crippen molar-refractivity contribution < 1.29 is 19.1 Å². The van der Waals surface area contributed by atoms with E-state index in [1.165, 1.54) is 116 Å². The number of hydrogen-bond acceptors (Lipinski definition) is 6. The van der Waals surface area contributed by atoms with Crippen molar-refractivity contribution in [2.45, 2.75) is 174 Å². The molecular formula is C37H74N2O4. The predicted octanol–water partition coefficient (Wildman–Crippen LogP) is 9.73. The van der Waals surface area contributed by atoms with Crippen molar-refractivity contribution >= 4 is 11.9 Å². The zero-order valence-electron chi connectivity index (χ0n) is 29.4. The molecule has 0 bridgehead atoms. The second-order valence-corrected chi connectivity index (χ2v) is 13.0. The van der Waals surface area contributed by atoms with E-state index in [1.807, 2.05) is 0 Å². The highest BCUT2D eigenvalue weighted by Gasteiger charge is 2.07. The van der Waals surface area contributed by atoms with E-state index < -0.39 is 0 Å². The lowest BCUT2D eigenvalue weighted by molar-refractivity contribution is -0.144. The molecule has 0 saturated heterocycles. The van der Waals surface area contributed by atoms with Crippen molar-refractivity contribution in [2.75, 3.05) is 53.5 Å². The van der Waals surface area contributed by atoms with Crippen LogP contribution in [0.3, 0.4) is 0 Å². The quantitative estimate of drug-likeness (QED) is 0.0534. The van der Waals surface area contributed by atoms with Gasteiger partial charge in [-0.3, -0.25) is 9.59 Å². The third kappa shape index (κ3) is 33.6. The Bertz CT molecular complexity index is 599. The molecule has 0 aromatic carbocycles. The third-order valence-electron chi connectivity index (χ3n) is 8.35. The fraction of sp³-hybridized carbons (Fsp3) is 0.946. The largest absolute Gasteiger partial charge is 0.466 e. The number of carbonyl (C=O) groups excluding carboxylic acids is 2. The van der Waals surface area contributed by atoms with Gasteiger partial charge in [-0.25, -0.2) is 0 Å². The summed E-state index contributed by atoms with van der Waals surface area (Å²) in [7, 11) is 4.30. The van der Waals surface area contributed by atoms with Crippen LogP contribution in [0.2, 0.25) is 0 Å². The smallest absolute Gasteiger partial charge is 0.305 e. The van der Waals surface area contributed by atoms with E-state index in [9.17, 15) is 9.59 Å². The maximum atomic E-state index is 12.0. The molecule has 0 amide bonds. The van der Waals surface area contributed by atoms with Gasteiger partial charge in [0.25, 0.3) is 0 Å². The highest BCUT2D eigenvalue weighted by atomic mass is 16.5. The molecule has 0 N–H and O–H groups in total. The zero-order chi connectivity index (χ0) is 31.6. The lowest BCUT2D eigenvalue weighted by Crippen LogP contribution is -2.33. The van der Waals surface area contributed by atoms with E-state index in [1.54, 1.807) is 0 Å². The van der Waals surface area contributed by atoms with E-state index in [0.717, 1.165) is 58.0 Å². The Hall–Kier alpha value is -1.14. The first-order valence-corrected chi connectivity index (χ1v) is 18.7. The summed E-state index contributed by atoms with van der Waals surface area (Å²) in [6, 6.07) is 0. The standard InChI is InChI=1S/C37H74N2O4/c1-5-7-9-11-12-13-14-21-27-35-43-37(41)29-23-18-16-20-25-31-39(33-32-38(3)4)30-24-19-15-17-22-28-36(40)42-34-26-10-8-6-2/h5-35H2,1-4H3. The average Bonchev–Trinajstić information content (AvgIpc) is 2.99. The van der Waals surface area contributed by atoms with Crippen molar-refractivity contribution in [1.82, 2.24) is 9.80 Å². The molecule has 6 heteroatoms. The summed E-state index contributed by atoms with van der Waals surface area (Å²) in [5.74, 6) is -0.0252. The van der Waals surface area contributed by atoms with Gasteiger partial charge in [-0.05, 0) is 65.7 Å². The Balaban J connectivity index is 3.72. The average molecular weight is 611 g/mol. The van der Waals surface area contributed by atoms with Gasteiger partial charge in [-0.15, -0.1) is 0 Å². The molecule has 0 fully saturated rings. The van der Waals surface area contributed by atoms with Gasteiger partial charge in [-0.1, -0.05) is 123 Å². The minimum absolute atomic E-state index is 0.00726. The normalized spacial score (nSPS) is 11.5. The molecule has 0 aromatic heterocycles. The number of ether oxygens (including phenoxy) is 2. The number of nitrogens with zero attached hydrogens (tertiary/aromatic N) is 2. The zero-order valence-corrected chi connectivity index (χ0v) is 29.4. The molecule has 0 heterocycles. The molecule has 0 aliphatic carbocycles. The summed E-state index contributed by atoms with van der Waals surface area (Å²) in [4.78, 5) is 28.7. The van der Waals surface area contributed by atoms with E-state index in [-0.39, 0.29) is 11.9 Å². The predicted molar refractivity (Wildman–Crippen MR) is 184 cm³/mol. The molecule has 0 aliphatic heterocycles. The summed E-state index contributed by atoms with van der Waals surface area (Å²) in [5.41, 5.74) is 0. The van der Waals surface area contributed by atoms with Crippen molar-refractivity contribution in [3.8, 4) is 0 Å². The first kappa shape index (κ1) is 41.9. The fourth-order valence-corrected chi connectivity index (χ4v) is 5.40. The van der Waals surface area contributed by atoms with Gasteiger partial charge < -0.3 is 19.3 Å². The second-order valence-electron chi connectivity index (χ2n) is 13.0. The van der Waals surface area contributed by atoms with E-state index in [0.29, 0.717) is 26.1 Å². The Kier molecular flexibility index (Phi) is 32.9. The van der Waals surface area contributed by atoms with Crippen LogP contribution in [0.15, 0.2) is 0 Å². The molecule has 43 heavy (non-hydrogen) atoms. The van der Waals surface area contributed by atoms with Crippen molar-refractivity contribution in [1.29, 1.82) is 0 Å². The van der Waals surface area contributed by atoms with Gasteiger partial charge in [0.15, 0.2) is 0 Å². The summed E-state index contributed by atoms with van der Waals surface area (Å²) in [6.45, 7) is 10.2. The van der Waals surface area contributed by atoms with Gasteiger partial charge in [0.1, 0.15) is 0 Å². The van der Waals surface area contributed by atoms with Crippen LogP contribution in [-0.4, -0.2) is 75.2 Å². The molecule has 0 saturated carbocycles. The molecule has 0 aromatic rings. The Morgan fingerprint density at radius 1 is 0.419 bits per heavy atom. The van der Waals surface area contributed by atoms with Gasteiger partial charge in [0.2, 0.25) is 0 Å². The molecule has 6 nitrogen and oxygen atoms in total. The second kappa shape index (κ2) is 33.7. The minimum atomic E-state index is -0.0179. The number of likely N-dealkylation sites (N-methyl/N-ethyl adjacent to an activating group) is 1.